The summed E-state index contributed by atoms with van der Waals surface area (Å²) in [7, 11) is 0. The zero-order chi connectivity index (χ0) is 28.1. The molecule has 8 heteroatoms. The van der Waals surface area contributed by atoms with Crippen LogP contribution in [0.25, 0.3) is 0 Å². The molecule has 0 heterocycles. The van der Waals surface area contributed by atoms with E-state index in [9.17, 15) is 19.8 Å². The van der Waals surface area contributed by atoms with Crippen molar-refractivity contribution < 1.29 is 34.4 Å². The average molecular weight is 518 g/mol. The van der Waals surface area contributed by atoms with E-state index in [1.807, 2.05) is 12.1 Å². The van der Waals surface area contributed by atoms with Crippen LogP contribution >= 0.6 is 0 Å². The third-order valence-electron chi connectivity index (χ3n) is 5.04. The number of allylic oxidation sites excluding steroid dienone is 2. The molecule has 0 spiro atoms. The van der Waals surface area contributed by atoms with Crippen molar-refractivity contribution in [3.8, 4) is 23.0 Å². The largest absolute Gasteiger partial charge is 0.508 e. The molecule has 3 rings (SSSR count). The van der Waals surface area contributed by atoms with Crippen LogP contribution in [0, 0.1) is 0 Å². The number of phenolic OH excluding ortho intramolecular Hbond substituents is 2. The van der Waals surface area contributed by atoms with Crippen molar-refractivity contribution in [2.24, 2.45) is 4.99 Å². The second-order valence-electron chi connectivity index (χ2n) is 8.13. The number of carboxylic acids is 1. The molecule has 0 bridgehead atoms. The minimum atomic E-state index is -0.975. The number of nitrogens with zero attached hydrogens (tertiary/aromatic N) is 1. The summed E-state index contributed by atoms with van der Waals surface area (Å²) in [5, 5.41) is 28.2. The number of benzene rings is 3. The molecule has 0 fully saturated rings. The Morgan fingerprint density at radius 1 is 0.868 bits per heavy atom. The molecule has 0 aliphatic rings. The Bertz CT molecular complexity index is 1270. The predicted molar refractivity (Wildman–Crippen MR) is 146 cm³/mol. The van der Waals surface area contributed by atoms with E-state index in [-0.39, 0.29) is 36.1 Å². The Morgan fingerprint density at radius 2 is 1.34 bits per heavy atom. The number of rotatable bonds is 10. The van der Waals surface area contributed by atoms with Crippen molar-refractivity contribution >= 4 is 18.0 Å². The highest BCUT2D eigenvalue weighted by Gasteiger charge is 2.09. The summed E-state index contributed by atoms with van der Waals surface area (Å²) in [6.07, 6.45) is 2.76. The number of ether oxygens (including phenoxy) is 2. The highest BCUT2D eigenvalue weighted by molar-refractivity contribution is 6.08. The van der Waals surface area contributed by atoms with Crippen LogP contribution in [0.1, 0.15) is 42.3 Å². The van der Waals surface area contributed by atoms with E-state index in [1.54, 1.807) is 68.4 Å². The van der Waals surface area contributed by atoms with E-state index in [1.165, 1.54) is 19.2 Å². The summed E-state index contributed by atoms with van der Waals surface area (Å²) in [6, 6.07) is 18.7. The molecular formula is C30H31NO7. The topological polar surface area (TPSA) is 126 Å². The molecule has 0 aliphatic carbocycles. The van der Waals surface area contributed by atoms with E-state index in [4.69, 9.17) is 14.6 Å². The average Bonchev–Trinajstić information content (AvgIpc) is 2.88. The summed E-state index contributed by atoms with van der Waals surface area (Å²) < 4.78 is 11.5. The van der Waals surface area contributed by atoms with Crippen LogP contribution in [0.3, 0.4) is 0 Å². The summed E-state index contributed by atoms with van der Waals surface area (Å²) in [6.45, 7) is 8.64. The molecule has 0 saturated carbocycles. The van der Waals surface area contributed by atoms with Crippen LogP contribution in [0.5, 0.6) is 23.0 Å². The molecule has 0 unspecified atom stereocenters. The number of aliphatic carboxylic acids is 1. The highest BCUT2D eigenvalue weighted by atomic mass is 16.5. The van der Waals surface area contributed by atoms with Gasteiger partial charge in [-0.2, -0.15) is 0 Å². The van der Waals surface area contributed by atoms with Crippen LogP contribution in [-0.2, 0) is 18.0 Å². The lowest BCUT2D eigenvalue weighted by atomic mass is 10.1. The third kappa shape index (κ3) is 9.66. The van der Waals surface area contributed by atoms with Gasteiger partial charge in [-0.3, -0.25) is 9.79 Å². The smallest absolute Gasteiger partial charge is 0.336 e. The molecule has 0 aromatic heterocycles. The lowest BCUT2D eigenvalue weighted by Crippen LogP contribution is -2.01. The van der Waals surface area contributed by atoms with Crippen molar-refractivity contribution in [1.82, 2.24) is 0 Å². The zero-order valence-electron chi connectivity index (χ0n) is 21.5. The molecule has 3 aromatic rings. The summed E-state index contributed by atoms with van der Waals surface area (Å²) >= 11 is 0. The van der Waals surface area contributed by atoms with Gasteiger partial charge in [0.2, 0.25) is 0 Å². The Morgan fingerprint density at radius 3 is 1.71 bits per heavy atom. The molecule has 0 aliphatic heterocycles. The number of hydrogen-bond donors (Lipinski definition) is 3. The van der Waals surface area contributed by atoms with E-state index in [0.29, 0.717) is 33.9 Å². The van der Waals surface area contributed by atoms with Crippen molar-refractivity contribution in [1.29, 1.82) is 0 Å². The van der Waals surface area contributed by atoms with Gasteiger partial charge < -0.3 is 24.8 Å². The summed E-state index contributed by atoms with van der Waals surface area (Å²) in [5.74, 6) is 0.122. The fourth-order valence-corrected chi connectivity index (χ4v) is 2.96. The predicted octanol–water partition coefficient (Wildman–Crippen LogP) is 6.08. The maximum Gasteiger partial charge on any atom is 0.336 e. The Balaban J connectivity index is 0.000000391. The van der Waals surface area contributed by atoms with Gasteiger partial charge in [-0.25, -0.2) is 4.79 Å². The number of ketones is 1. The van der Waals surface area contributed by atoms with Crippen molar-refractivity contribution in [3.05, 3.63) is 107 Å². The van der Waals surface area contributed by atoms with Gasteiger partial charge in [-0.1, -0.05) is 49.1 Å². The first-order valence-corrected chi connectivity index (χ1v) is 11.6. The molecule has 0 amide bonds. The van der Waals surface area contributed by atoms with Crippen LogP contribution in [0.2, 0.25) is 0 Å². The van der Waals surface area contributed by atoms with Crippen molar-refractivity contribution in [2.75, 3.05) is 0 Å². The number of aromatic hydroxyl groups is 2. The number of aliphatic imine (C=N–C) groups is 1. The summed E-state index contributed by atoms with van der Waals surface area (Å²) in [4.78, 5) is 25.9. The lowest BCUT2D eigenvalue weighted by molar-refractivity contribution is -0.132. The minimum Gasteiger partial charge on any atom is -0.508 e. The van der Waals surface area contributed by atoms with Gasteiger partial charge in [-0.15, -0.1) is 0 Å². The highest BCUT2D eigenvalue weighted by Crippen LogP contribution is 2.27. The number of Topliss-reactive ketones (excluding diaryl/α,β-unsaturated/α-hetero) is 1. The third-order valence-corrected chi connectivity index (χ3v) is 5.04. The van der Waals surface area contributed by atoms with Gasteiger partial charge in [0.25, 0.3) is 0 Å². The van der Waals surface area contributed by atoms with Crippen LogP contribution in [0.4, 0.5) is 0 Å². The fourth-order valence-electron chi connectivity index (χ4n) is 2.96. The van der Waals surface area contributed by atoms with E-state index in [0.717, 1.165) is 0 Å². The molecule has 8 nitrogen and oxygen atoms in total. The maximum absolute atomic E-state index is 11.8. The first-order valence-electron chi connectivity index (χ1n) is 11.6. The number of carbonyl (C=O) groups excluding carboxylic acids is 1. The van der Waals surface area contributed by atoms with Gasteiger partial charge in [0, 0.05) is 34.7 Å². The molecular weight excluding hydrogens is 486 g/mol. The second-order valence-corrected chi connectivity index (χ2v) is 8.13. The molecule has 3 N–H and O–H groups in total. The van der Waals surface area contributed by atoms with E-state index in [2.05, 4.69) is 11.6 Å². The second kappa shape index (κ2) is 14.6. The molecule has 3 aromatic carbocycles. The maximum atomic E-state index is 11.8. The normalized spacial score (nSPS) is 10.9. The standard InChI is InChI=1S/C22H20O5.C8H11NO2/c1-15(23)18-10-19(26-13-16-6-2-4-8-21(16)24)12-20(11-18)27-14-17-7-3-5-9-22(17)25;1-4-7(8(10)11)5-9-6(2)3/h2-12,24-25H,13-14H2,1H3;4-5H,2H2,1,3H3,(H,10,11)/b;7-4+,9-5?. The fraction of sp³-hybridized carbons (Fsp3) is 0.167. The number of phenols is 2. The first-order chi connectivity index (χ1) is 18.1. The first kappa shape index (κ1) is 29.4. The van der Waals surface area contributed by atoms with Crippen LogP contribution in [0.15, 0.2) is 95.6 Å². The van der Waals surface area contributed by atoms with Gasteiger partial charge in [0.05, 0.1) is 5.57 Å². The Hall–Kier alpha value is -4.85. The molecule has 0 radical (unpaired) electrons. The van der Waals surface area contributed by atoms with Crippen LogP contribution < -0.4 is 9.47 Å². The number of carboxylic acid groups (broad SMARTS) is 1. The minimum absolute atomic E-state index is 0.115. The van der Waals surface area contributed by atoms with Gasteiger partial charge >= 0.3 is 5.97 Å². The van der Waals surface area contributed by atoms with Crippen molar-refractivity contribution in [3.63, 3.8) is 0 Å². The van der Waals surface area contributed by atoms with Gasteiger partial charge in [0.15, 0.2) is 5.78 Å². The lowest BCUT2D eigenvalue weighted by Gasteiger charge is -2.12. The summed E-state index contributed by atoms with van der Waals surface area (Å²) in [5.41, 5.74) is 2.50. The number of hydrogen-bond acceptors (Lipinski definition) is 7. The molecule has 0 atom stereocenters. The molecule has 198 valence electrons. The Kier molecular flexibility index (Phi) is 11.3. The van der Waals surface area contributed by atoms with Crippen molar-refractivity contribution in [2.45, 2.75) is 34.0 Å². The van der Waals surface area contributed by atoms with Crippen LogP contribution in [-0.4, -0.2) is 33.3 Å². The number of para-hydroxylation sites is 2. The molecule has 38 heavy (non-hydrogen) atoms. The van der Waals surface area contributed by atoms with E-state index >= 15 is 0 Å². The Labute approximate surface area is 221 Å². The van der Waals surface area contributed by atoms with Gasteiger partial charge in [0.1, 0.15) is 36.2 Å². The SMILES string of the molecule is C=C(C)N=C/C(=C\C)C(=O)O.CC(=O)c1cc(OCc2ccccc2O)cc(OCc2ccccc2O)c1. The quantitative estimate of drug-likeness (QED) is 0.169. The van der Waals surface area contributed by atoms with Gasteiger partial charge in [-0.05, 0) is 45.0 Å². The van der Waals surface area contributed by atoms with E-state index < -0.39 is 5.97 Å². The number of carbonyl (C=O) groups is 2. The molecule has 0 saturated heterocycles. The zero-order valence-corrected chi connectivity index (χ0v) is 21.5. The monoisotopic (exact) mass is 517 g/mol.